The Labute approximate surface area is 200 Å². The van der Waals surface area contributed by atoms with Crippen LogP contribution in [-0.4, -0.2) is 12.6 Å². The molecule has 0 amide bonds. The Hall–Kier alpha value is -2.29. The average molecular weight is 450 g/mol. The average Bonchev–Trinajstić information content (AvgIpc) is 2.86. The first-order valence-corrected chi connectivity index (χ1v) is 13.1. The van der Waals surface area contributed by atoms with Crippen molar-refractivity contribution in [3.05, 3.63) is 66.1 Å². The van der Waals surface area contributed by atoms with Gasteiger partial charge in [0.1, 0.15) is 11.5 Å². The molecule has 1 fully saturated rings. The van der Waals surface area contributed by atoms with Gasteiger partial charge in [-0.15, -0.1) is 0 Å². The number of carbonyl (C=O) groups excluding carboxylic acids is 1. The van der Waals surface area contributed by atoms with Crippen molar-refractivity contribution in [2.24, 2.45) is 5.92 Å². The standard InChI is InChI=1S/C30H41O3/c1-2-3-4-5-6-7-11-24-32-28-22-18-27(19-23-28)30(31)33-29-20-16-26(17-21-29)15-14-25-12-9-8-10-13-25/h8,16-23,25H,2-7,9-15,24H2,1H3. The van der Waals surface area contributed by atoms with Crippen LogP contribution in [0.4, 0.5) is 0 Å². The smallest absolute Gasteiger partial charge is 0.343 e. The van der Waals surface area contributed by atoms with Gasteiger partial charge >= 0.3 is 5.97 Å². The van der Waals surface area contributed by atoms with E-state index in [0.717, 1.165) is 31.1 Å². The van der Waals surface area contributed by atoms with Gasteiger partial charge in [0.05, 0.1) is 12.2 Å². The minimum atomic E-state index is -0.333. The van der Waals surface area contributed by atoms with Crippen LogP contribution in [0.3, 0.4) is 0 Å². The van der Waals surface area contributed by atoms with Crippen molar-refractivity contribution in [1.29, 1.82) is 0 Å². The van der Waals surface area contributed by atoms with Crippen LogP contribution >= 0.6 is 0 Å². The van der Waals surface area contributed by atoms with E-state index < -0.39 is 0 Å². The number of hydrogen-bond donors (Lipinski definition) is 0. The maximum atomic E-state index is 12.5. The van der Waals surface area contributed by atoms with Crippen LogP contribution in [0.5, 0.6) is 11.5 Å². The molecular weight excluding hydrogens is 408 g/mol. The molecule has 1 saturated carbocycles. The summed E-state index contributed by atoms with van der Waals surface area (Å²) >= 11 is 0. The lowest BCUT2D eigenvalue weighted by Gasteiger charge is -2.21. The summed E-state index contributed by atoms with van der Waals surface area (Å²) in [4.78, 5) is 12.5. The molecule has 3 nitrogen and oxygen atoms in total. The Bertz CT molecular complexity index is 788. The molecule has 0 spiro atoms. The molecule has 3 rings (SSSR count). The maximum absolute atomic E-state index is 12.5. The summed E-state index contributed by atoms with van der Waals surface area (Å²) in [6.45, 7) is 2.97. The van der Waals surface area contributed by atoms with Gasteiger partial charge in [0.2, 0.25) is 0 Å². The monoisotopic (exact) mass is 449 g/mol. The molecule has 179 valence electrons. The van der Waals surface area contributed by atoms with E-state index >= 15 is 0 Å². The Morgan fingerprint density at radius 2 is 1.45 bits per heavy atom. The summed E-state index contributed by atoms with van der Waals surface area (Å²) in [6.07, 6.45) is 18.8. The van der Waals surface area contributed by atoms with Gasteiger partial charge in [-0.05, 0) is 86.4 Å². The molecule has 0 N–H and O–H groups in total. The quantitative estimate of drug-likeness (QED) is 0.165. The van der Waals surface area contributed by atoms with Gasteiger partial charge in [-0.1, -0.05) is 70.4 Å². The van der Waals surface area contributed by atoms with Crippen molar-refractivity contribution in [2.75, 3.05) is 6.61 Å². The first kappa shape index (κ1) is 25.3. The minimum absolute atomic E-state index is 0.333. The molecule has 2 aromatic carbocycles. The van der Waals surface area contributed by atoms with Gasteiger partial charge in [-0.25, -0.2) is 4.79 Å². The normalized spacial score (nSPS) is 14.2. The number of rotatable bonds is 14. The number of unbranched alkanes of at least 4 members (excludes halogenated alkanes) is 6. The largest absolute Gasteiger partial charge is 0.494 e. The summed E-state index contributed by atoms with van der Waals surface area (Å²) in [7, 11) is 0. The molecule has 33 heavy (non-hydrogen) atoms. The molecule has 0 saturated heterocycles. The predicted octanol–water partition coefficient (Wildman–Crippen LogP) is 8.36. The number of benzene rings is 2. The molecule has 2 aromatic rings. The molecule has 0 aromatic heterocycles. The summed E-state index contributed by atoms with van der Waals surface area (Å²) in [6, 6.07) is 15.2. The second kappa shape index (κ2) is 14.8. The second-order valence-corrected chi connectivity index (χ2v) is 9.38. The number of aryl methyl sites for hydroxylation is 1. The summed E-state index contributed by atoms with van der Waals surface area (Å²) in [5.74, 6) is 1.92. The van der Waals surface area contributed by atoms with E-state index in [4.69, 9.17) is 9.47 Å². The lowest BCUT2D eigenvalue weighted by molar-refractivity contribution is 0.0734. The molecule has 0 heterocycles. The lowest BCUT2D eigenvalue weighted by Crippen LogP contribution is -2.09. The van der Waals surface area contributed by atoms with Crippen LogP contribution < -0.4 is 9.47 Å². The first-order chi connectivity index (χ1) is 16.2. The molecule has 3 heteroatoms. The van der Waals surface area contributed by atoms with Crippen molar-refractivity contribution >= 4 is 5.97 Å². The summed E-state index contributed by atoms with van der Waals surface area (Å²) in [5, 5.41) is 0. The van der Waals surface area contributed by atoms with Gasteiger partial charge in [0, 0.05) is 0 Å². The minimum Gasteiger partial charge on any atom is -0.494 e. The van der Waals surface area contributed by atoms with Crippen molar-refractivity contribution in [3.63, 3.8) is 0 Å². The highest BCUT2D eigenvalue weighted by Crippen LogP contribution is 2.27. The van der Waals surface area contributed by atoms with Crippen LogP contribution in [0.25, 0.3) is 0 Å². The fraction of sp³-hybridized carbons (Fsp3) is 0.533. The van der Waals surface area contributed by atoms with Crippen molar-refractivity contribution in [2.45, 2.75) is 90.4 Å². The molecule has 1 aliphatic rings. The van der Waals surface area contributed by atoms with E-state index in [1.807, 2.05) is 24.3 Å². The molecule has 0 unspecified atom stereocenters. The van der Waals surface area contributed by atoms with E-state index in [0.29, 0.717) is 11.3 Å². The Morgan fingerprint density at radius 3 is 2.15 bits per heavy atom. The van der Waals surface area contributed by atoms with Crippen LogP contribution in [0, 0.1) is 12.3 Å². The van der Waals surface area contributed by atoms with E-state index in [1.165, 1.54) is 76.2 Å². The number of hydrogen-bond acceptors (Lipinski definition) is 3. The van der Waals surface area contributed by atoms with Gasteiger partial charge in [0.25, 0.3) is 0 Å². The molecule has 0 aliphatic heterocycles. The zero-order valence-electron chi connectivity index (χ0n) is 20.4. The predicted molar refractivity (Wildman–Crippen MR) is 136 cm³/mol. The van der Waals surface area contributed by atoms with Crippen LogP contribution in [0.1, 0.15) is 99.9 Å². The van der Waals surface area contributed by atoms with E-state index in [9.17, 15) is 4.79 Å². The maximum Gasteiger partial charge on any atom is 0.343 e. The Morgan fingerprint density at radius 1 is 0.818 bits per heavy atom. The first-order valence-electron chi connectivity index (χ1n) is 13.1. The number of esters is 1. The van der Waals surface area contributed by atoms with Crippen LogP contribution in [0.2, 0.25) is 0 Å². The molecule has 1 radical (unpaired) electrons. The fourth-order valence-electron chi connectivity index (χ4n) is 4.48. The van der Waals surface area contributed by atoms with Crippen LogP contribution in [-0.2, 0) is 6.42 Å². The third-order valence-electron chi connectivity index (χ3n) is 6.64. The van der Waals surface area contributed by atoms with E-state index in [1.54, 1.807) is 12.1 Å². The number of ether oxygens (including phenoxy) is 2. The van der Waals surface area contributed by atoms with Gasteiger partial charge in [-0.3, -0.25) is 0 Å². The molecule has 0 bridgehead atoms. The fourth-order valence-corrected chi connectivity index (χ4v) is 4.48. The third-order valence-corrected chi connectivity index (χ3v) is 6.64. The topological polar surface area (TPSA) is 35.5 Å². The van der Waals surface area contributed by atoms with Gasteiger partial charge < -0.3 is 9.47 Å². The highest BCUT2D eigenvalue weighted by atomic mass is 16.5. The van der Waals surface area contributed by atoms with Crippen molar-refractivity contribution in [1.82, 2.24) is 0 Å². The summed E-state index contributed by atoms with van der Waals surface area (Å²) in [5.41, 5.74) is 1.85. The van der Waals surface area contributed by atoms with Crippen molar-refractivity contribution < 1.29 is 14.3 Å². The lowest BCUT2D eigenvalue weighted by atomic mass is 9.85. The zero-order chi connectivity index (χ0) is 23.1. The second-order valence-electron chi connectivity index (χ2n) is 9.38. The highest BCUT2D eigenvalue weighted by molar-refractivity contribution is 5.91. The van der Waals surface area contributed by atoms with Gasteiger partial charge in [-0.2, -0.15) is 0 Å². The molecule has 1 aliphatic carbocycles. The highest BCUT2D eigenvalue weighted by Gasteiger charge is 2.13. The summed E-state index contributed by atoms with van der Waals surface area (Å²) < 4.78 is 11.4. The Balaban J connectivity index is 1.34. The van der Waals surface area contributed by atoms with Gasteiger partial charge in [0.15, 0.2) is 0 Å². The number of carbonyl (C=O) groups is 1. The van der Waals surface area contributed by atoms with E-state index in [-0.39, 0.29) is 5.97 Å². The van der Waals surface area contributed by atoms with Crippen LogP contribution in [0.15, 0.2) is 48.5 Å². The SMILES string of the molecule is CCCCCCCCCOc1ccc(C(=O)Oc2ccc(CCC3CC[CH]CC3)cc2)cc1. The zero-order valence-corrected chi connectivity index (χ0v) is 20.4. The van der Waals surface area contributed by atoms with E-state index in [2.05, 4.69) is 25.5 Å². The third kappa shape index (κ3) is 9.61. The molecular formula is C30H41O3. The molecule has 0 atom stereocenters. The van der Waals surface area contributed by atoms with Crippen molar-refractivity contribution in [3.8, 4) is 11.5 Å². The Kier molecular flexibility index (Phi) is 11.3.